The van der Waals surface area contributed by atoms with E-state index in [0.717, 1.165) is 18.5 Å². The molecule has 1 heterocycles. The molecule has 0 aliphatic rings. The normalized spacial score (nSPS) is 15.2. The highest BCUT2D eigenvalue weighted by molar-refractivity contribution is 4.97. The van der Waals surface area contributed by atoms with Crippen molar-refractivity contribution >= 4 is 0 Å². The third kappa shape index (κ3) is 4.42. The van der Waals surface area contributed by atoms with Crippen molar-refractivity contribution in [2.45, 2.75) is 51.6 Å². The molecule has 0 radical (unpaired) electrons. The third-order valence-electron chi connectivity index (χ3n) is 2.53. The van der Waals surface area contributed by atoms with Crippen LogP contribution < -0.4 is 0 Å². The smallest absolute Gasteiger partial charge is 0.0855 e. The monoisotopic (exact) mass is 211 g/mol. The second-order valence-electron chi connectivity index (χ2n) is 4.51. The number of aromatic nitrogens is 3. The molecule has 0 saturated carbocycles. The summed E-state index contributed by atoms with van der Waals surface area (Å²) in [5.41, 5.74) is 0.213. The van der Waals surface area contributed by atoms with Gasteiger partial charge < -0.3 is 5.11 Å². The van der Waals surface area contributed by atoms with Crippen LogP contribution >= 0.6 is 0 Å². The second kappa shape index (κ2) is 5.26. The molecule has 0 fully saturated rings. The van der Waals surface area contributed by atoms with Crippen molar-refractivity contribution in [2.24, 2.45) is 7.05 Å². The fourth-order valence-electron chi connectivity index (χ4n) is 1.71. The summed E-state index contributed by atoms with van der Waals surface area (Å²) < 4.78 is 1.66. The first-order valence-corrected chi connectivity index (χ1v) is 5.61. The van der Waals surface area contributed by atoms with E-state index in [1.54, 1.807) is 4.68 Å². The van der Waals surface area contributed by atoms with E-state index in [0.29, 0.717) is 6.42 Å². The molecule has 1 rings (SSSR count). The molecule has 1 atom stereocenters. The van der Waals surface area contributed by atoms with Gasteiger partial charge in [-0.3, -0.25) is 4.68 Å². The van der Waals surface area contributed by atoms with Crippen molar-refractivity contribution in [3.8, 4) is 0 Å². The van der Waals surface area contributed by atoms with Crippen LogP contribution in [0.5, 0.6) is 0 Å². The maximum Gasteiger partial charge on any atom is 0.0855 e. The molecule has 0 aliphatic heterocycles. The van der Waals surface area contributed by atoms with E-state index in [1.807, 2.05) is 20.2 Å². The molecule has 15 heavy (non-hydrogen) atoms. The Morgan fingerprint density at radius 2 is 2.20 bits per heavy atom. The van der Waals surface area contributed by atoms with E-state index < -0.39 is 5.60 Å². The lowest BCUT2D eigenvalue weighted by Crippen LogP contribution is -2.27. The molecule has 4 nitrogen and oxygen atoms in total. The topological polar surface area (TPSA) is 50.9 Å². The summed E-state index contributed by atoms with van der Waals surface area (Å²) in [5, 5.41) is 18.0. The summed E-state index contributed by atoms with van der Waals surface area (Å²) >= 11 is 0. The van der Waals surface area contributed by atoms with Crippen molar-refractivity contribution in [3.63, 3.8) is 0 Å². The van der Waals surface area contributed by atoms with Crippen LogP contribution in [-0.2, 0) is 13.5 Å². The zero-order valence-corrected chi connectivity index (χ0v) is 9.90. The Labute approximate surface area is 91.3 Å². The van der Waals surface area contributed by atoms with Crippen LogP contribution in [0.1, 0.15) is 45.2 Å². The predicted molar refractivity (Wildman–Crippen MR) is 59.5 cm³/mol. The van der Waals surface area contributed by atoms with Gasteiger partial charge in [0.15, 0.2) is 0 Å². The SMILES string of the molecule is CCCCCC(C)(O)Cc1cn(C)nn1. The largest absolute Gasteiger partial charge is 0.390 e. The molecule has 0 aliphatic carbocycles. The van der Waals surface area contributed by atoms with Crippen LogP contribution in [0.25, 0.3) is 0 Å². The molecule has 0 aromatic carbocycles. The molecule has 1 aromatic heterocycles. The molecule has 0 bridgehead atoms. The Morgan fingerprint density at radius 1 is 1.47 bits per heavy atom. The molecule has 0 spiro atoms. The van der Waals surface area contributed by atoms with Crippen LogP contribution in [0.4, 0.5) is 0 Å². The highest BCUT2D eigenvalue weighted by Gasteiger charge is 2.21. The minimum absolute atomic E-state index is 0.588. The summed E-state index contributed by atoms with van der Waals surface area (Å²) in [6.45, 7) is 4.04. The molecular weight excluding hydrogens is 190 g/mol. The Bertz CT molecular complexity index is 294. The van der Waals surface area contributed by atoms with Gasteiger partial charge in [-0.15, -0.1) is 5.10 Å². The Kier molecular flexibility index (Phi) is 4.27. The molecular formula is C11H21N3O. The first-order valence-electron chi connectivity index (χ1n) is 5.61. The van der Waals surface area contributed by atoms with E-state index in [2.05, 4.69) is 17.2 Å². The number of hydrogen-bond donors (Lipinski definition) is 1. The lowest BCUT2D eigenvalue weighted by Gasteiger charge is -2.21. The van der Waals surface area contributed by atoms with Gasteiger partial charge >= 0.3 is 0 Å². The summed E-state index contributed by atoms with van der Waals surface area (Å²) in [6.07, 6.45) is 6.71. The van der Waals surface area contributed by atoms with Gasteiger partial charge in [0.25, 0.3) is 0 Å². The number of aryl methyl sites for hydroxylation is 1. The van der Waals surface area contributed by atoms with Crippen molar-refractivity contribution in [1.82, 2.24) is 15.0 Å². The summed E-state index contributed by atoms with van der Waals surface area (Å²) in [4.78, 5) is 0. The summed E-state index contributed by atoms with van der Waals surface area (Å²) in [7, 11) is 1.84. The molecule has 1 unspecified atom stereocenters. The molecule has 86 valence electrons. The lowest BCUT2D eigenvalue weighted by atomic mass is 9.93. The van der Waals surface area contributed by atoms with Crippen molar-refractivity contribution in [2.75, 3.05) is 0 Å². The molecule has 0 saturated heterocycles. The van der Waals surface area contributed by atoms with E-state index in [-0.39, 0.29) is 0 Å². The zero-order chi connectivity index (χ0) is 11.3. The third-order valence-corrected chi connectivity index (χ3v) is 2.53. The van der Waals surface area contributed by atoms with Crippen molar-refractivity contribution in [3.05, 3.63) is 11.9 Å². The van der Waals surface area contributed by atoms with Crippen LogP contribution in [0, 0.1) is 0 Å². The Balaban J connectivity index is 2.41. The number of hydrogen-bond acceptors (Lipinski definition) is 3. The van der Waals surface area contributed by atoms with Crippen molar-refractivity contribution in [1.29, 1.82) is 0 Å². The van der Waals surface area contributed by atoms with Gasteiger partial charge in [-0.1, -0.05) is 31.4 Å². The second-order valence-corrected chi connectivity index (χ2v) is 4.51. The average Bonchev–Trinajstić information content (AvgIpc) is 2.50. The number of unbranched alkanes of at least 4 members (excludes halogenated alkanes) is 2. The fourth-order valence-corrected chi connectivity index (χ4v) is 1.71. The predicted octanol–water partition coefficient (Wildman–Crippen LogP) is 1.69. The quantitative estimate of drug-likeness (QED) is 0.728. The first-order chi connectivity index (χ1) is 7.03. The van der Waals surface area contributed by atoms with Crippen LogP contribution in [0.3, 0.4) is 0 Å². The zero-order valence-electron chi connectivity index (χ0n) is 9.90. The molecule has 4 heteroatoms. The van der Waals surface area contributed by atoms with Crippen LogP contribution in [-0.4, -0.2) is 25.7 Å². The molecule has 0 amide bonds. The number of rotatable bonds is 6. The number of nitrogens with zero attached hydrogens (tertiary/aromatic N) is 3. The van der Waals surface area contributed by atoms with E-state index in [9.17, 15) is 5.11 Å². The van der Waals surface area contributed by atoms with Gasteiger partial charge in [0.2, 0.25) is 0 Å². The van der Waals surface area contributed by atoms with Gasteiger partial charge in [-0.05, 0) is 13.3 Å². The van der Waals surface area contributed by atoms with Gasteiger partial charge in [0, 0.05) is 19.7 Å². The minimum Gasteiger partial charge on any atom is -0.390 e. The minimum atomic E-state index is -0.648. The summed E-state index contributed by atoms with van der Waals surface area (Å²) in [5.74, 6) is 0. The first kappa shape index (κ1) is 12.2. The van der Waals surface area contributed by atoms with Gasteiger partial charge in [0.05, 0.1) is 11.3 Å². The summed E-state index contributed by atoms with van der Waals surface area (Å²) in [6, 6.07) is 0. The number of aliphatic hydroxyl groups is 1. The highest BCUT2D eigenvalue weighted by Crippen LogP contribution is 2.18. The fraction of sp³-hybridized carbons (Fsp3) is 0.818. The van der Waals surface area contributed by atoms with Gasteiger partial charge in [-0.2, -0.15) is 0 Å². The Morgan fingerprint density at radius 3 is 2.73 bits per heavy atom. The Hall–Kier alpha value is -0.900. The van der Waals surface area contributed by atoms with E-state index in [1.165, 1.54) is 12.8 Å². The van der Waals surface area contributed by atoms with E-state index in [4.69, 9.17) is 0 Å². The van der Waals surface area contributed by atoms with E-state index >= 15 is 0 Å². The maximum absolute atomic E-state index is 10.1. The maximum atomic E-state index is 10.1. The molecule has 1 aromatic rings. The average molecular weight is 211 g/mol. The van der Waals surface area contributed by atoms with Crippen molar-refractivity contribution < 1.29 is 5.11 Å². The van der Waals surface area contributed by atoms with Crippen LogP contribution in [0.2, 0.25) is 0 Å². The molecule has 1 N–H and O–H groups in total. The standard InChI is InChI=1S/C11H21N3O/c1-4-5-6-7-11(2,15)8-10-9-14(3)13-12-10/h9,15H,4-8H2,1-3H3. The van der Waals surface area contributed by atoms with Crippen LogP contribution in [0.15, 0.2) is 6.20 Å². The van der Waals surface area contributed by atoms with Gasteiger partial charge in [-0.25, -0.2) is 0 Å². The van der Waals surface area contributed by atoms with Gasteiger partial charge in [0.1, 0.15) is 0 Å². The highest BCUT2D eigenvalue weighted by atomic mass is 16.3. The lowest BCUT2D eigenvalue weighted by molar-refractivity contribution is 0.0476.